The van der Waals surface area contributed by atoms with Gasteiger partial charge in [-0.15, -0.1) is 10.2 Å². The Kier molecular flexibility index (Phi) is 4.17. The van der Waals surface area contributed by atoms with Crippen LogP contribution in [0.2, 0.25) is 0 Å². The summed E-state index contributed by atoms with van der Waals surface area (Å²) < 4.78 is 28.3. The van der Waals surface area contributed by atoms with Gasteiger partial charge in [0.2, 0.25) is 0 Å². The summed E-state index contributed by atoms with van der Waals surface area (Å²) in [5.41, 5.74) is 0.375. The first-order chi connectivity index (χ1) is 10.6. The molecular formula is C15H18F2N4O. The van der Waals surface area contributed by atoms with Crippen LogP contribution in [-0.2, 0) is 19.5 Å². The zero-order valence-corrected chi connectivity index (χ0v) is 12.3. The molecule has 5 nitrogen and oxygen atoms in total. The fraction of sp³-hybridized carbons (Fsp3) is 0.467. The second kappa shape index (κ2) is 6.10. The second-order valence-electron chi connectivity index (χ2n) is 5.46. The fourth-order valence-electron chi connectivity index (χ4n) is 2.75. The van der Waals surface area contributed by atoms with Gasteiger partial charge in [-0.3, -0.25) is 4.90 Å². The number of hydrogen-bond donors (Lipinski definition) is 1. The van der Waals surface area contributed by atoms with Crippen molar-refractivity contribution in [3.05, 3.63) is 47.0 Å². The van der Waals surface area contributed by atoms with Gasteiger partial charge in [-0.25, -0.2) is 8.78 Å². The zero-order valence-electron chi connectivity index (χ0n) is 12.3. The van der Waals surface area contributed by atoms with Crippen LogP contribution in [0.4, 0.5) is 8.78 Å². The molecule has 0 unspecified atom stereocenters. The zero-order chi connectivity index (χ0) is 15.7. The smallest absolute Gasteiger partial charge is 0.159 e. The Hall–Kier alpha value is -1.86. The Labute approximate surface area is 127 Å². The van der Waals surface area contributed by atoms with Crippen molar-refractivity contribution in [1.29, 1.82) is 0 Å². The van der Waals surface area contributed by atoms with Crippen LogP contribution in [0.15, 0.2) is 18.2 Å². The summed E-state index contributed by atoms with van der Waals surface area (Å²) in [6.07, 6.45) is -0.0278. The summed E-state index contributed by atoms with van der Waals surface area (Å²) >= 11 is 0. The molecule has 2 aromatic rings. The second-order valence-corrected chi connectivity index (χ2v) is 5.46. The maximum atomic E-state index is 13.2. The number of benzene rings is 1. The SMILES string of the molecule is CCc1nnc2n1CCN(C[C@@H](O)c1ccc(F)c(F)c1)C2. The van der Waals surface area contributed by atoms with E-state index < -0.39 is 17.7 Å². The Balaban J connectivity index is 1.67. The molecule has 1 aliphatic heterocycles. The highest BCUT2D eigenvalue weighted by Crippen LogP contribution is 2.20. The summed E-state index contributed by atoms with van der Waals surface area (Å²) in [6.45, 7) is 4.51. The molecule has 22 heavy (non-hydrogen) atoms. The number of aromatic nitrogens is 3. The third-order valence-electron chi connectivity index (χ3n) is 3.98. The van der Waals surface area contributed by atoms with Gasteiger partial charge in [0.25, 0.3) is 0 Å². The van der Waals surface area contributed by atoms with Gasteiger partial charge in [-0.2, -0.15) is 0 Å². The van der Waals surface area contributed by atoms with Crippen LogP contribution in [0.1, 0.15) is 30.2 Å². The van der Waals surface area contributed by atoms with Crippen molar-refractivity contribution in [2.45, 2.75) is 32.5 Å². The summed E-state index contributed by atoms with van der Waals surface area (Å²) in [4.78, 5) is 2.04. The van der Waals surface area contributed by atoms with E-state index >= 15 is 0 Å². The van der Waals surface area contributed by atoms with E-state index in [0.717, 1.165) is 43.3 Å². The normalized spacial score (nSPS) is 16.5. The monoisotopic (exact) mass is 308 g/mol. The van der Waals surface area contributed by atoms with E-state index in [1.807, 2.05) is 11.8 Å². The third-order valence-corrected chi connectivity index (χ3v) is 3.98. The van der Waals surface area contributed by atoms with Gasteiger partial charge in [0.05, 0.1) is 12.6 Å². The van der Waals surface area contributed by atoms with Crippen molar-refractivity contribution < 1.29 is 13.9 Å². The molecule has 1 aromatic carbocycles. The Morgan fingerprint density at radius 2 is 2.05 bits per heavy atom. The number of hydrogen-bond acceptors (Lipinski definition) is 4. The maximum absolute atomic E-state index is 13.2. The van der Waals surface area contributed by atoms with Gasteiger partial charge in [0.15, 0.2) is 11.6 Å². The lowest BCUT2D eigenvalue weighted by molar-refractivity contribution is 0.0956. The van der Waals surface area contributed by atoms with Gasteiger partial charge >= 0.3 is 0 Å². The van der Waals surface area contributed by atoms with E-state index in [1.54, 1.807) is 0 Å². The van der Waals surface area contributed by atoms with Crippen molar-refractivity contribution in [3.8, 4) is 0 Å². The lowest BCUT2D eigenvalue weighted by Gasteiger charge is -2.29. The number of aliphatic hydroxyl groups is 1. The molecule has 2 heterocycles. The van der Waals surface area contributed by atoms with E-state index in [9.17, 15) is 13.9 Å². The van der Waals surface area contributed by atoms with Crippen molar-refractivity contribution in [3.63, 3.8) is 0 Å². The quantitative estimate of drug-likeness (QED) is 0.933. The van der Waals surface area contributed by atoms with E-state index in [4.69, 9.17) is 0 Å². The summed E-state index contributed by atoms with van der Waals surface area (Å²) in [5, 5.41) is 18.5. The van der Waals surface area contributed by atoms with Gasteiger partial charge in [-0.1, -0.05) is 13.0 Å². The highest BCUT2D eigenvalue weighted by molar-refractivity contribution is 5.20. The molecule has 0 bridgehead atoms. The lowest BCUT2D eigenvalue weighted by Crippen LogP contribution is -2.37. The van der Waals surface area contributed by atoms with Gasteiger partial charge in [-0.05, 0) is 17.7 Å². The summed E-state index contributed by atoms with van der Waals surface area (Å²) in [5.74, 6) is -0.00645. The first kappa shape index (κ1) is 15.1. The van der Waals surface area contributed by atoms with Crippen LogP contribution in [0.25, 0.3) is 0 Å². The molecule has 0 fully saturated rings. The van der Waals surface area contributed by atoms with Crippen LogP contribution in [0, 0.1) is 11.6 Å². The van der Waals surface area contributed by atoms with Crippen molar-refractivity contribution >= 4 is 0 Å². The minimum absolute atomic E-state index is 0.347. The van der Waals surface area contributed by atoms with Gasteiger partial charge in [0, 0.05) is 26.1 Å². The predicted octanol–water partition coefficient (Wildman–Crippen LogP) is 1.67. The average Bonchev–Trinajstić information content (AvgIpc) is 2.92. The molecule has 0 amide bonds. The molecule has 118 valence electrons. The van der Waals surface area contributed by atoms with Gasteiger partial charge in [0.1, 0.15) is 11.6 Å². The van der Waals surface area contributed by atoms with E-state index in [-0.39, 0.29) is 0 Å². The van der Waals surface area contributed by atoms with Crippen LogP contribution in [0.5, 0.6) is 0 Å². The lowest BCUT2D eigenvalue weighted by atomic mass is 10.1. The Morgan fingerprint density at radius 1 is 1.23 bits per heavy atom. The standard InChI is InChI=1S/C15H18F2N4O/c1-2-14-18-19-15-9-20(5-6-21(14)15)8-13(22)10-3-4-11(16)12(17)7-10/h3-4,7,13,22H,2,5-6,8-9H2,1H3/t13-/m1/s1. The summed E-state index contributed by atoms with van der Waals surface area (Å²) in [7, 11) is 0. The number of aliphatic hydroxyl groups excluding tert-OH is 1. The largest absolute Gasteiger partial charge is 0.387 e. The molecule has 3 rings (SSSR count). The molecule has 0 aliphatic carbocycles. The minimum atomic E-state index is -0.942. The van der Waals surface area contributed by atoms with Crippen LogP contribution >= 0.6 is 0 Å². The third kappa shape index (κ3) is 2.86. The van der Waals surface area contributed by atoms with Crippen molar-refractivity contribution in [2.24, 2.45) is 0 Å². The fourth-order valence-corrected chi connectivity index (χ4v) is 2.75. The molecule has 1 atom stereocenters. The molecular weight excluding hydrogens is 290 g/mol. The van der Waals surface area contributed by atoms with Crippen molar-refractivity contribution in [2.75, 3.05) is 13.1 Å². The minimum Gasteiger partial charge on any atom is -0.387 e. The highest BCUT2D eigenvalue weighted by atomic mass is 19.2. The number of aryl methyl sites for hydroxylation is 1. The molecule has 1 aliphatic rings. The highest BCUT2D eigenvalue weighted by Gasteiger charge is 2.23. The Morgan fingerprint density at radius 3 is 2.77 bits per heavy atom. The molecule has 1 N–H and O–H groups in total. The Bertz CT molecular complexity index is 674. The topological polar surface area (TPSA) is 54.2 Å². The van der Waals surface area contributed by atoms with Crippen LogP contribution < -0.4 is 0 Å². The molecule has 7 heteroatoms. The average molecular weight is 308 g/mol. The van der Waals surface area contributed by atoms with Crippen LogP contribution in [-0.4, -0.2) is 37.9 Å². The molecule has 0 saturated heterocycles. The van der Waals surface area contributed by atoms with Crippen molar-refractivity contribution in [1.82, 2.24) is 19.7 Å². The van der Waals surface area contributed by atoms with E-state index in [2.05, 4.69) is 14.8 Å². The molecule has 1 aromatic heterocycles. The molecule has 0 spiro atoms. The van der Waals surface area contributed by atoms with E-state index in [0.29, 0.717) is 18.7 Å². The summed E-state index contributed by atoms with van der Waals surface area (Å²) in [6, 6.07) is 3.49. The number of rotatable bonds is 4. The maximum Gasteiger partial charge on any atom is 0.159 e. The first-order valence-corrected chi connectivity index (χ1v) is 7.34. The predicted molar refractivity (Wildman–Crippen MR) is 76.0 cm³/mol. The number of fused-ring (bicyclic) bond motifs is 1. The molecule has 0 radical (unpaired) electrons. The number of halogens is 2. The van der Waals surface area contributed by atoms with E-state index in [1.165, 1.54) is 6.07 Å². The number of β-amino-alcohol motifs (C(OH)–C–C–N with tert-alkyl or cyclic N) is 1. The van der Waals surface area contributed by atoms with Gasteiger partial charge < -0.3 is 9.67 Å². The van der Waals surface area contributed by atoms with Crippen LogP contribution in [0.3, 0.4) is 0 Å². The first-order valence-electron chi connectivity index (χ1n) is 7.34. The molecule has 0 saturated carbocycles. The number of nitrogens with zero attached hydrogens (tertiary/aromatic N) is 4.